The Morgan fingerprint density at radius 1 is 1.05 bits per heavy atom. The summed E-state index contributed by atoms with van der Waals surface area (Å²) in [5, 5.41) is 3.49. The first kappa shape index (κ1) is 30.4. The summed E-state index contributed by atoms with van der Waals surface area (Å²) in [5.41, 5.74) is 1.23. The van der Waals surface area contributed by atoms with Crippen LogP contribution in [0.5, 0.6) is 5.75 Å². The van der Waals surface area contributed by atoms with Crippen molar-refractivity contribution in [2.45, 2.75) is 65.1 Å². The number of nitrogens with zero attached hydrogens (tertiary/aromatic N) is 2. The van der Waals surface area contributed by atoms with Gasteiger partial charge in [0.15, 0.2) is 0 Å². The van der Waals surface area contributed by atoms with Gasteiger partial charge in [-0.2, -0.15) is 0 Å². The number of anilines is 1. The first-order valence-electron chi connectivity index (χ1n) is 12.5. The highest BCUT2D eigenvalue weighted by Gasteiger charge is 2.29. The van der Waals surface area contributed by atoms with Gasteiger partial charge in [0.1, 0.15) is 11.8 Å². The van der Waals surface area contributed by atoms with Gasteiger partial charge in [-0.3, -0.25) is 13.9 Å². The first-order valence-corrected chi connectivity index (χ1v) is 14.7. The summed E-state index contributed by atoms with van der Waals surface area (Å²) < 4.78 is 31.4. The van der Waals surface area contributed by atoms with Gasteiger partial charge < -0.3 is 15.0 Å². The maximum Gasteiger partial charge on any atom is 0.243 e. The maximum absolute atomic E-state index is 13.5. The lowest BCUT2D eigenvalue weighted by Crippen LogP contribution is -2.50. The van der Waals surface area contributed by atoms with Crippen LogP contribution < -0.4 is 14.4 Å². The van der Waals surface area contributed by atoms with Crippen molar-refractivity contribution in [3.05, 3.63) is 59.1 Å². The molecule has 1 N–H and O–H groups in total. The number of rotatable bonds is 14. The second-order valence-electron chi connectivity index (χ2n) is 8.99. The lowest BCUT2D eigenvalue weighted by atomic mass is 10.1. The standard InChI is InChI=1S/C27H38ClN3O5S/c1-6-20(3)29-27(33)25(7-2)30(19-21-11-8-9-12-24(21)28)26(32)13-10-18-31(37(5,34)35)22-14-16-23(36-4)17-15-22/h8-9,11-12,14-17,20,25H,6-7,10,13,18-19H2,1-5H3,(H,29,33)/t20-,25+/m1/s1. The van der Waals surface area contributed by atoms with E-state index >= 15 is 0 Å². The van der Waals surface area contributed by atoms with E-state index in [-0.39, 0.29) is 43.8 Å². The third-order valence-electron chi connectivity index (χ3n) is 6.20. The molecular weight excluding hydrogens is 514 g/mol. The van der Waals surface area contributed by atoms with Crippen LogP contribution in [0.4, 0.5) is 5.69 Å². The lowest BCUT2D eigenvalue weighted by Gasteiger charge is -2.32. The Bertz CT molecular complexity index is 1140. The third kappa shape index (κ3) is 8.93. The number of hydrogen-bond donors (Lipinski definition) is 1. The summed E-state index contributed by atoms with van der Waals surface area (Å²) in [4.78, 5) is 28.1. The zero-order chi connectivity index (χ0) is 27.6. The van der Waals surface area contributed by atoms with Crippen molar-refractivity contribution in [3.63, 3.8) is 0 Å². The molecule has 0 saturated heterocycles. The minimum absolute atomic E-state index is 0.0216. The topological polar surface area (TPSA) is 96.0 Å². The van der Waals surface area contributed by atoms with Crippen molar-refractivity contribution in [1.29, 1.82) is 0 Å². The van der Waals surface area contributed by atoms with E-state index in [0.717, 1.165) is 18.2 Å². The number of hydrogen-bond acceptors (Lipinski definition) is 5. The summed E-state index contributed by atoms with van der Waals surface area (Å²) in [6.07, 6.45) is 2.68. The van der Waals surface area contributed by atoms with Gasteiger partial charge in [-0.05, 0) is 62.1 Å². The van der Waals surface area contributed by atoms with E-state index in [1.807, 2.05) is 39.0 Å². The molecule has 0 aliphatic rings. The molecule has 2 atom stereocenters. The number of sulfonamides is 1. The lowest BCUT2D eigenvalue weighted by molar-refractivity contribution is -0.141. The number of benzene rings is 2. The fourth-order valence-corrected chi connectivity index (χ4v) is 5.08. The van der Waals surface area contributed by atoms with Gasteiger partial charge in [-0.25, -0.2) is 8.42 Å². The number of carbonyl (C=O) groups is 2. The molecular formula is C27H38ClN3O5S. The monoisotopic (exact) mass is 551 g/mol. The van der Waals surface area contributed by atoms with E-state index in [9.17, 15) is 18.0 Å². The number of carbonyl (C=O) groups excluding carboxylic acids is 2. The van der Waals surface area contributed by atoms with E-state index in [2.05, 4.69) is 5.32 Å². The van der Waals surface area contributed by atoms with Crippen LogP contribution in [0.1, 0.15) is 52.0 Å². The molecule has 0 unspecified atom stereocenters. The van der Waals surface area contributed by atoms with Crippen molar-refractivity contribution in [2.75, 3.05) is 24.2 Å². The van der Waals surface area contributed by atoms with Crippen molar-refractivity contribution in [3.8, 4) is 5.75 Å². The van der Waals surface area contributed by atoms with Crippen LogP contribution in [0.3, 0.4) is 0 Å². The van der Waals surface area contributed by atoms with Crippen LogP contribution in [0.2, 0.25) is 5.02 Å². The number of methoxy groups -OCH3 is 1. The van der Waals surface area contributed by atoms with Gasteiger partial charge in [0.25, 0.3) is 0 Å². The van der Waals surface area contributed by atoms with Crippen LogP contribution in [0.15, 0.2) is 48.5 Å². The molecule has 0 spiro atoms. The second-order valence-corrected chi connectivity index (χ2v) is 11.3. The molecule has 2 aromatic carbocycles. The van der Waals surface area contributed by atoms with Crippen molar-refractivity contribution in [1.82, 2.24) is 10.2 Å². The minimum atomic E-state index is -3.57. The molecule has 0 saturated carbocycles. The van der Waals surface area contributed by atoms with E-state index in [4.69, 9.17) is 16.3 Å². The largest absolute Gasteiger partial charge is 0.497 e. The highest BCUT2D eigenvalue weighted by Crippen LogP contribution is 2.23. The Kier molecular flexibility index (Phi) is 11.7. The summed E-state index contributed by atoms with van der Waals surface area (Å²) in [6.45, 7) is 6.06. The molecule has 0 aromatic heterocycles. The Hall–Kier alpha value is -2.78. The molecule has 0 aliphatic carbocycles. The van der Waals surface area contributed by atoms with E-state index in [1.165, 1.54) is 11.4 Å². The molecule has 204 valence electrons. The van der Waals surface area contributed by atoms with Crippen LogP contribution in [0, 0.1) is 0 Å². The molecule has 10 heteroatoms. The third-order valence-corrected chi connectivity index (χ3v) is 7.76. The molecule has 0 fully saturated rings. The van der Waals surface area contributed by atoms with Crippen molar-refractivity contribution in [2.24, 2.45) is 0 Å². The Balaban J connectivity index is 2.23. The quantitative estimate of drug-likeness (QED) is 0.370. The molecule has 37 heavy (non-hydrogen) atoms. The number of ether oxygens (including phenoxy) is 1. The van der Waals surface area contributed by atoms with Gasteiger partial charge in [-0.1, -0.05) is 43.6 Å². The SMILES string of the molecule is CC[C@@H](C)NC(=O)[C@H](CC)N(Cc1ccccc1Cl)C(=O)CCCN(c1ccc(OC)cc1)S(C)(=O)=O. The Labute approximate surface area is 226 Å². The van der Waals surface area contributed by atoms with Crippen LogP contribution in [-0.2, 0) is 26.2 Å². The fraction of sp³-hybridized carbons (Fsp3) is 0.481. The first-order chi connectivity index (χ1) is 17.5. The van der Waals surface area contributed by atoms with E-state index in [0.29, 0.717) is 22.9 Å². The van der Waals surface area contributed by atoms with Crippen molar-refractivity contribution >= 4 is 39.1 Å². The average Bonchev–Trinajstić information content (AvgIpc) is 2.86. The maximum atomic E-state index is 13.5. The van der Waals surface area contributed by atoms with Gasteiger partial charge in [0.2, 0.25) is 21.8 Å². The molecule has 2 rings (SSSR count). The van der Waals surface area contributed by atoms with Crippen molar-refractivity contribution < 1.29 is 22.7 Å². The predicted molar refractivity (Wildman–Crippen MR) is 148 cm³/mol. The molecule has 2 aromatic rings. The highest BCUT2D eigenvalue weighted by atomic mass is 35.5. The summed E-state index contributed by atoms with van der Waals surface area (Å²) >= 11 is 6.37. The Morgan fingerprint density at radius 3 is 2.24 bits per heavy atom. The van der Waals surface area contributed by atoms with Gasteiger partial charge in [0, 0.05) is 30.6 Å². The molecule has 0 aliphatic heterocycles. The fourth-order valence-electron chi connectivity index (χ4n) is 3.92. The van der Waals surface area contributed by atoms with Crippen LogP contribution in [-0.4, -0.2) is 57.1 Å². The molecule has 0 heterocycles. The summed E-state index contributed by atoms with van der Waals surface area (Å²) in [6, 6.07) is 13.2. The smallest absolute Gasteiger partial charge is 0.243 e. The summed E-state index contributed by atoms with van der Waals surface area (Å²) in [5.74, 6) is 0.159. The van der Waals surface area contributed by atoms with E-state index in [1.54, 1.807) is 35.2 Å². The summed E-state index contributed by atoms with van der Waals surface area (Å²) in [7, 11) is -2.04. The predicted octanol–water partition coefficient (Wildman–Crippen LogP) is 4.62. The van der Waals surface area contributed by atoms with Crippen LogP contribution in [0.25, 0.3) is 0 Å². The van der Waals surface area contributed by atoms with Gasteiger partial charge >= 0.3 is 0 Å². The zero-order valence-corrected chi connectivity index (χ0v) is 23.8. The molecule has 0 bridgehead atoms. The molecule has 0 radical (unpaired) electrons. The number of halogens is 1. The van der Waals surface area contributed by atoms with Gasteiger partial charge in [0.05, 0.1) is 19.1 Å². The van der Waals surface area contributed by atoms with Crippen LogP contribution >= 0.6 is 11.6 Å². The number of nitrogens with one attached hydrogen (secondary N) is 1. The highest BCUT2D eigenvalue weighted by molar-refractivity contribution is 7.92. The second kappa shape index (κ2) is 14.2. The molecule has 2 amide bonds. The normalized spacial score (nSPS) is 12.9. The number of amides is 2. The zero-order valence-electron chi connectivity index (χ0n) is 22.2. The Morgan fingerprint density at radius 2 is 1.70 bits per heavy atom. The molecule has 8 nitrogen and oxygen atoms in total. The average molecular weight is 552 g/mol. The van der Waals surface area contributed by atoms with E-state index < -0.39 is 16.1 Å². The minimum Gasteiger partial charge on any atom is -0.497 e. The van der Waals surface area contributed by atoms with Gasteiger partial charge in [-0.15, -0.1) is 0 Å².